The fraction of sp³-hybridized carbons (Fsp3) is 0.293. The van der Waals surface area contributed by atoms with Crippen molar-refractivity contribution >= 4 is 6.48 Å². The van der Waals surface area contributed by atoms with Gasteiger partial charge in [-0.1, -0.05) is 0 Å². The quantitative estimate of drug-likeness (QED) is 0.182. The van der Waals surface area contributed by atoms with Crippen LogP contribution in [0.1, 0.15) is 93.8 Å². The van der Waals surface area contributed by atoms with Gasteiger partial charge in [-0.3, -0.25) is 0 Å². The molecule has 0 saturated carbocycles. The second-order valence-corrected chi connectivity index (χ2v) is 20.1. The van der Waals surface area contributed by atoms with E-state index in [1.54, 1.807) is 15.3 Å². The van der Waals surface area contributed by atoms with Crippen LogP contribution in [0.5, 0.6) is 0 Å². The molecule has 0 heterocycles. The normalized spacial score (nSPS) is 14.9. The van der Waals surface area contributed by atoms with E-state index in [-0.39, 0.29) is 10.8 Å². The number of allylic oxidation sites excluding steroid dienone is 4. The molecule has 0 N–H and O–H groups in total. The number of hydrogen-bond acceptors (Lipinski definition) is 0. The molecule has 1 heteroatoms. The van der Waals surface area contributed by atoms with Crippen molar-refractivity contribution < 1.29 is 21.3 Å². The summed E-state index contributed by atoms with van der Waals surface area (Å²) >= 11 is -2.68. The summed E-state index contributed by atoms with van der Waals surface area (Å²) in [5, 5.41) is 0. The molecule has 0 radical (unpaired) electrons. The van der Waals surface area contributed by atoms with Gasteiger partial charge in [0.05, 0.1) is 0 Å². The Morgan fingerprint density at radius 3 is 2.00 bits per heavy atom. The molecule has 0 fully saturated rings. The molecule has 6 rings (SSSR count). The summed E-state index contributed by atoms with van der Waals surface area (Å²) in [6.07, 6.45) is 10.3. The first kappa shape index (κ1) is 29.2. The summed E-state index contributed by atoms with van der Waals surface area (Å²) in [4.78, 5) is 0. The zero-order chi connectivity index (χ0) is 29.6. The minimum atomic E-state index is -2.68. The van der Waals surface area contributed by atoms with E-state index in [0.29, 0.717) is 0 Å². The van der Waals surface area contributed by atoms with E-state index >= 15 is 0 Å². The van der Waals surface area contributed by atoms with E-state index in [4.69, 9.17) is 0 Å². The number of hydrogen-bond donors (Lipinski definition) is 0. The third-order valence-electron chi connectivity index (χ3n) is 9.07. The minimum absolute atomic E-state index is 0.0699. The maximum atomic E-state index is 2.65. The van der Waals surface area contributed by atoms with Gasteiger partial charge in [0.25, 0.3) is 0 Å². The van der Waals surface area contributed by atoms with E-state index in [9.17, 15) is 0 Å². The second-order valence-electron chi connectivity index (χ2n) is 14.1. The van der Waals surface area contributed by atoms with Crippen LogP contribution in [0.2, 0.25) is 0 Å². The molecule has 4 aromatic carbocycles. The third kappa shape index (κ3) is 5.58. The first-order valence-corrected chi connectivity index (χ1v) is 19.3. The molecule has 4 aromatic rings. The Hall–Kier alpha value is -2.89. The summed E-state index contributed by atoms with van der Waals surface area (Å²) in [6, 6.07) is 33.3. The van der Waals surface area contributed by atoms with Crippen molar-refractivity contribution in [3.63, 3.8) is 0 Å². The van der Waals surface area contributed by atoms with Crippen LogP contribution in [0.15, 0.2) is 106 Å². The molecule has 0 unspecified atom stereocenters. The van der Waals surface area contributed by atoms with Crippen molar-refractivity contribution in [2.75, 3.05) is 0 Å². The number of aryl methyl sites for hydroxylation is 1. The van der Waals surface area contributed by atoms with Crippen LogP contribution in [0.25, 0.3) is 11.1 Å². The Morgan fingerprint density at radius 2 is 1.38 bits per heavy atom. The number of benzene rings is 4. The maximum absolute atomic E-state index is 2.68. The monoisotopic (exact) mass is 626 g/mol. The second kappa shape index (κ2) is 11.3. The zero-order valence-corrected chi connectivity index (χ0v) is 28.9. The van der Waals surface area contributed by atoms with E-state index < -0.39 is 21.3 Å². The average Bonchev–Trinajstić information content (AvgIpc) is 3.63. The molecule has 2 aliphatic rings. The van der Waals surface area contributed by atoms with Crippen LogP contribution >= 0.6 is 0 Å². The van der Waals surface area contributed by atoms with Crippen LogP contribution < -0.4 is 3.27 Å². The first-order chi connectivity index (χ1) is 20.0. The average molecular weight is 628 g/mol. The van der Waals surface area contributed by atoms with Gasteiger partial charge in [-0.15, -0.1) is 0 Å². The van der Waals surface area contributed by atoms with Gasteiger partial charge < -0.3 is 0 Å². The Balaban J connectivity index is 1.71. The Morgan fingerprint density at radius 1 is 0.714 bits per heavy atom. The van der Waals surface area contributed by atoms with Gasteiger partial charge >= 0.3 is 263 Å². The Bertz CT molecular complexity index is 1730. The van der Waals surface area contributed by atoms with Gasteiger partial charge in [0, 0.05) is 0 Å². The van der Waals surface area contributed by atoms with Gasteiger partial charge in [-0.25, -0.2) is 0 Å². The van der Waals surface area contributed by atoms with Crippen molar-refractivity contribution in [2.45, 2.75) is 78.6 Å². The van der Waals surface area contributed by atoms with Gasteiger partial charge in [0.1, 0.15) is 0 Å². The summed E-state index contributed by atoms with van der Waals surface area (Å²) in [6.45, 7) is 16.4. The molecule has 0 atom stereocenters. The summed E-state index contributed by atoms with van der Waals surface area (Å²) in [7, 11) is 0. The predicted octanol–water partition coefficient (Wildman–Crippen LogP) is 9.77. The molecule has 0 aliphatic heterocycles. The fourth-order valence-corrected chi connectivity index (χ4v) is 14.5. The SMILES string of the molecule is CCc1ccc(/[C](c2ccccc2)=[Zr](/[C]2=CC=CC2)[c]2cc(C(C)(C)C)cc3c2Cc2ccc(C(C)(C)C)cc2-3)cc1. The molecule has 42 heavy (non-hydrogen) atoms. The van der Waals surface area contributed by atoms with E-state index in [2.05, 4.69) is 152 Å². The van der Waals surface area contributed by atoms with Crippen molar-refractivity contribution in [1.82, 2.24) is 0 Å². The number of fused-ring (bicyclic) bond motifs is 3. The molecule has 0 bridgehead atoms. The van der Waals surface area contributed by atoms with Crippen LogP contribution in [-0.2, 0) is 44.9 Å². The third-order valence-corrected chi connectivity index (χ3v) is 16.6. The molecule has 0 saturated heterocycles. The summed E-state index contributed by atoms with van der Waals surface area (Å²) < 4.78 is 4.95. The fourth-order valence-electron chi connectivity index (χ4n) is 6.47. The summed E-state index contributed by atoms with van der Waals surface area (Å²) in [5.74, 6) is 0. The molecular weight excluding hydrogens is 584 g/mol. The van der Waals surface area contributed by atoms with E-state index in [1.165, 1.54) is 44.5 Å². The molecule has 0 spiro atoms. The van der Waals surface area contributed by atoms with Crippen molar-refractivity contribution in [2.24, 2.45) is 0 Å². The predicted molar refractivity (Wildman–Crippen MR) is 179 cm³/mol. The van der Waals surface area contributed by atoms with Crippen molar-refractivity contribution in [3.8, 4) is 11.1 Å². The Labute approximate surface area is 261 Å². The molecule has 0 amide bonds. The summed E-state index contributed by atoms with van der Waals surface area (Å²) in [5.41, 5.74) is 13.3. The van der Waals surface area contributed by atoms with Gasteiger partial charge in [-0.05, 0) is 0 Å². The zero-order valence-electron chi connectivity index (χ0n) is 26.4. The number of rotatable bonds is 5. The van der Waals surface area contributed by atoms with E-state index in [0.717, 1.165) is 19.3 Å². The first-order valence-electron chi connectivity index (χ1n) is 15.6. The molecule has 212 valence electrons. The molecule has 0 nitrogen and oxygen atoms in total. The van der Waals surface area contributed by atoms with Crippen LogP contribution in [0.4, 0.5) is 0 Å². The van der Waals surface area contributed by atoms with Gasteiger partial charge in [-0.2, -0.15) is 0 Å². The van der Waals surface area contributed by atoms with Crippen LogP contribution in [0, 0.1) is 0 Å². The molecular formula is C41H44Zr. The van der Waals surface area contributed by atoms with Gasteiger partial charge in [0.2, 0.25) is 0 Å². The molecule has 0 aromatic heterocycles. The van der Waals surface area contributed by atoms with Crippen LogP contribution in [0.3, 0.4) is 0 Å². The van der Waals surface area contributed by atoms with Crippen LogP contribution in [-0.4, -0.2) is 3.21 Å². The van der Waals surface area contributed by atoms with E-state index in [1.807, 2.05) is 0 Å². The Kier molecular flexibility index (Phi) is 7.87. The van der Waals surface area contributed by atoms with Gasteiger partial charge in [0.15, 0.2) is 0 Å². The standard InChI is InChI=1S/C21H25.C15H14.C5H5.Zr/c1-20(2,3)16-9-7-14-11-15-8-10-17(21(4,5)6)13-19(15)18(14)12-16;1-2-13-8-10-15(11-9-13)12-14-6-4-3-5-7-14;1-2-4-5-3-1;/h7,9-10,12-13H,11H2,1-6H3;3-11H,2H2,1H3;1-3H,4H2;. The molecule has 2 aliphatic carbocycles. The van der Waals surface area contributed by atoms with Crippen molar-refractivity contribution in [3.05, 3.63) is 145 Å². The topological polar surface area (TPSA) is 0 Å². The van der Waals surface area contributed by atoms with Crippen molar-refractivity contribution in [1.29, 1.82) is 0 Å².